The molecule has 1 aromatic carbocycles. The van der Waals surface area contributed by atoms with E-state index in [0.29, 0.717) is 13.0 Å². The van der Waals surface area contributed by atoms with Crippen molar-refractivity contribution in [2.75, 3.05) is 26.7 Å². The lowest BCUT2D eigenvalue weighted by atomic mass is 9.90. The molecule has 2 atom stereocenters. The predicted molar refractivity (Wildman–Crippen MR) is 104 cm³/mol. The summed E-state index contributed by atoms with van der Waals surface area (Å²) in [5.41, 5.74) is 6.53. The van der Waals surface area contributed by atoms with Gasteiger partial charge in [-0.15, -0.1) is 0 Å². The monoisotopic (exact) mass is 373 g/mol. The van der Waals surface area contributed by atoms with Gasteiger partial charge in [-0.05, 0) is 50.3 Å². The number of carbonyl (C=O) groups is 2. The third kappa shape index (κ3) is 5.01. The van der Waals surface area contributed by atoms with Crippen LogP contribution in [0.1, 0.15) is 44.1 Å². The molecule has 3 rings (SSSR count). The first kappa shape index (κ1) is 19.7. The molecule has 0 aliphatic carbocycles. The smallest absolute Gasteiger partial charge is 0.260 e. The molecule has 2 heterocycles. The number of carbonyl (C=O) groups excluding carboxylic acids is 2. The summed E-state index contributed by atoms with van der Waals surface area (Å²) >= 11 is 0. The molecule has 2 amide bonds. The maximum Gasteiger partial charge on any atom is 0.260 e. The third-order valence-electron chi connectivity index (χ3n) is 5.91. The number of nitrogens with two attached hydrogens (primary N) is 1. The second-order valence-electron chi connectivity index (χ2n) is 7.68. The SMILES string of the molecule is CN1C(=O)COc2ccccc2CCCC[C@@H]2[C@H]1CCCN2CCC(N)=O. The summed E-state index contributed by atoms with van der Waals surface area (Å²) in [6, 6.07) is 8.44. The van der Waals surface area contributed by atoms with Crippen LogP contribution in [0, 0.1) is 0 Å². The van der Waals surface area contributed by atoms with Crippen LogP contribution >= 0.6 is 0 Å². The van der Waals surface area contributed by atoms with Crippen LogP contribution in [0.2, 0.25) is 0 Å². The van der Waals surface area contributed by atoms with Crippen LogP contribution in [0.15, 0.2) is 24.3 Å². The van der Waals surface area contributed by atoms with Gasteiger partial charge in [0, 0.05) is 32.1 Å². The van der Waals surface area contributed by atoms with E-state index in [1.165, 1.54) is 5.56 Å². The van der Waals surface area contributed by atoms with Crippen LogP contribution in [-0.4, -0.2) is 60.4 Å². The zero-order chi connectivity index (χ0) is 19.2. The average molecular weight is 373 g/mol. The topological polar surface area (TPSA) is 75.9 Å². The zero-order valence-electron chi connectivity index (χ0n) is 16.2. The Kier molecular flexibility index (Phi) is 6.72. The first-order valence-corrected chi connectivity index (χ1v) is 10.0. The van der Waals surface area contributed by atoms with Crippen LogP contribution in [0.3, 0.4) is 0 Å². The molecule has 1 fully saturated rings. The Morgan fingerprint density at radius 2 is 1.96 bits per heavy atom. The number of amides is 2. The predicted octanol–water partition coefficient (Wildman–Crippen LogP) is 1.96. The number of ether oxygens (including phenoxy) is 1. The summed E-state index contributed by atoms with van der Waals surface area (Å²) in [4.78, 5) is 28.3. The zero-order valence-corrected chi connectivity index (χ0v) is 16.2. The van der Waals surface area contributed by atoms with Crippen molar-refractivity contribution < 1.29 is 14.3 Å². The Hall–Kier alpha value is -2.08. The fourth-order valence-electron chi connectivity index (χ4n) is 4.41. The lowest BCUT2D eigenvalue weighted by molar-refractivity contribution is -0.137. The molecule has 0 aromatic heterocycles. The van der Waals surface area contributed by atoms with Crippen LogP contribution in [0.4, 0.5) is 0 Å². The molecule has 2 N–H and O–H groups in total. The maximum absolute atomic E-state index is 12.8. The van der Waals surface area contributed by atoms with Gasteiger partial charge in [-0.2, -0.15) is 0 Å². The second kappa shape index (κ2) is 9.22. The molecule has 1 aromatic rings. The van der Waals surface area contributed by atoms with Crippen LogP contribution in [0.25, 0.3) is 0 Å². The molecule has 0 radical (unpaired) electrons. The van der Waals surface area contributed by atoms with Crippen molar-refractivity contribution in [1.29, 1.82) is 0 Å². The van der Waals surface area contributed by atoms with Gasteiger partial charge in [0.05, 0.1) is 0 Å². The van der Waals surface area contributed by atoms with Crippen molar-refractivity contribution in [3.8, 4) is 5.75 Å². The highest BCUT2D eigenvalue weighted by molar-refractivity contribution is 5.78. The Bertz CT molecular complexity index is 664. The largest absolute Gasteiger partial charge is 0.483 e. The van der Waals surface area contributed by atoms with E-state index in [1.54, 1.807) is 0 Å². The Balaban J connectivity index is 1.77. The molecule has 6 nitrogen and oxygen atoms in total. The minimum atomic E-state index is -0.264. The Morgan fingerprint density at radius 1 is 1.19 bits per heavy atom. The standard InChI is InChI=1S/C21H31N3O3/c1-23-17-10-6-13-24(14-12-20(22)25)18(17)9-4-2-7-16-8-3-5-11-19(16)27-15-21(23)26/h3,5,8,11,17-18H,2,4,6-7,9-10,12-15H2,1H3,(H2,22,25)/t17-,18-/m1/s1. The molecule has 2 aliphatic rings. The van der Waals surface area contributed by atoms with E-state index in [9.17, 15) is 9.59 Å². The van der Waals surface area contributed by atoms with Gasteiger partial charge in [0.25, 0.3) is 5.91 Å². The number of likely N-dealkylation sites (tertiary alicyclic amines) is 1. The van der Waals surface area contributed by atoms with Crippen molar-refractivity contribution >= 4 is 11.8 Å². The van der Waals surface area contributed by atoms with Crippen LogP contribution in [0.5, 0.6) is 5.75 Å². The normalized spacial score (nSPS) is 24.8. The van der Waals surface area contributed by atoms with Gasteiger partial charge in [0.2, 0.25) is 5.91 Å². The van der Waals surface area contributed by atoms with E-state index in [2.05, 4.69) is 11.0 Å². The number of nitrogens with zero attached hydrogens (tertiary/aromatic N) is 2. The first-order chi connectivity index (χ1) is 13.1. The summed E-state index contributed by atoms with van der Waals surface area (Å²) < 4.78 is 5.86. The van der Waals surface area contributed by atoms with Crippen molar-refractivity contribution in [2.45, 2.75) is 57.0 Å². The number of primary amides is 1. The molecule has 1 saturated heterocycles. The lowest BCUT2D eigenvalue weighted by Crippen LogP contribution is -2.56. The number of hydrogen-bond acceptors (Lipinski definition) is 4. The summed E-state index contributed by atoms with van der Waals surface area (Å²) in [6.07, 6.45) is 6.56. The third-order valence-corrected chi connectivity index (χ3v) is 5.91. The first-order valence-electron chi connectivity index (χ1n) is 10.0. The Labute approximate surface area is 161 Å². The van der Waals surface area contributed by atoms with E-state index in [4.69, 9.17) is 10.5 Å². The van der Waals surface area contributed by atoms with Gasteiger partial charge in [0.15, 0.2) is 6.61 Å². The van der Waals surface area contributed by atoms with E-state index >= 15 is 0 Å². The minimum absolute atomic E-state index is 0.0112. The summed E-state index contributed by atoms with van der Waals surface area (Å²) in [7, 11) is 1.89. The van der Waals surface area contributed by atoms with Crippen molar-refractivity contribution in [2.24, 2.45) is 5.73 Å². The molecule has 6 heteroatoms. The van der Waals surface area contributed by atoms with Crippen molar-refractivity contribution in [3.63, 3.8) is 0 Å². The molecule has 0 bridgehead atoms. The number of para-hydroxylation sites is 1. The quantitative estimate of drug-likeness (QED) is 0.879. The molecule has 0 saturated carbocycles. The molecule has 0 spiro atoms. The molecule has 148 valence electrons. The van der Waals surface area contributed by atoms with E-state index in [-0.39, 0.29) is 30.5 Å². The number of piperidine rings is 1. The number of rotatable bonds is 3. The number of aryl methyl sites for hydroxylation is 1. The number of hydrogen-bond donors (Lipinski definition) is 1. The molecular formula is C21H31N3O3. The van der Waals surface area contributed by atoms with E-state index in [1.807, 2.05) is 30.1 Å². The highest BCUT2D eigenvalue weighted by Crippen LogP contribution is 2.28. The fourth-order valence-corrected chi connectivity index (χ4v) is 4.41. The highest BCUT2D eigenvalue weighted by Gasteiger charge is 2.35. The number of benzene rings is 1. The molecular weight excluding hydrogens is 342 g/mol. The van der Waals surface area contributed by atoms with Gasteiger partial charge >= 0.3 is 0 Å². The average Bonchev–Trinajstić information content (AvgIpc) is 2.67. The maximum atomic E-state index is 12.8. The number of fused-ring (bicyclic) bond motifs is 2. The van der Waals surface area contributed by atoms with Gasteiger partial charge in [-0.1, -0.05) is 24.6 Å². The molecule has 0 unspecified atom stereocenters. The number of likely N-dealkylation sites (N-methyl/N-ethyl adjacent to an activating group) is 1. The highest BCUT2D eigenvalue weighted by atomic mass is 16.5. The summed E-state index contributed by atoms with van der Waals surface area (Å²) in [5, 5.41) is 0. The van der Waals surface area contributed by atoms with Crippen LogP contribution < -0.4 is 10.5 Å². The summed E-state index contributed by atoms with van der Waals surface area (Å²) in [6.45, 7) is 1.71. The minimum Gasteiger partial charge on any atom is -0.483 e. The van der Waals surface area contributed by atoms with Crippen molar-refractivity contribution in [1.82, 2.24) is 9.80 Å². The molecule has 27 heavy (non-hydrogen) atoms. The van der Waals surface area contributed by atoms with Gasteiger partial charge in [0.1, 0.15) is 5.75 Å². The lowest BCUT2D eigenvalue weighted by Gasteiger charge is -2.45. The van der Waals surface area contributed by atoms with Gasteiger partial charge in [-0.25, -0.2) is 0 Å². The van der Waals surface area contributed by atoms with Crippen molar-refractivity contribution in [3.05, 3.63) is 29.8 Å². The van der Waals surface area contributed by atoms with E-state index in [0.717, 1.165) is 50.8 Å². The van der Waals surface area contributed by atoms with Gasteiger partial charge in [-0.3, -0.25) is 14.5 Å². The second-order valence-corrected chi connectivity index (χ2v) is 7.68. The summed E-state index contributed by atoms with van der Waals surface area (Å²) in [5.74, 6) is 0.569. The Morgan fingerprint density at radius 3 is 2.78 bits per heavy atom. The van der Waals surface area contributed by atoms with Gasteiger partial charge < -0.3 is 15.4 Å². The fraction of sp³-hybridized carbons (Fsp3) is 0.619. The van der Waals surface area contributed by atoms with Crippen LogP contribution in [-0.2, 0) is 16.0 Å². The molecule has 2 aliphatic heterocycles. The van der Waals surface area contributed by atoms with E-state index < -0.39 is 0 Å².